The molecule has 0 N–H and O–H groups in total. The van der Waals surface area contributed by atoms with E-state index >= 15 is 0 Å². The van der Waals surface area contributed by atoms with Crippen molar-refractivity contribution < 1.29 is 4.74 Å². The van der Waals surface area contributed by atoms with Crippen LogP contribution in [0.1, 0.15) is 34.6 Å². The van der Waals surface area contributed by atoms with Crippen molar-refractivity contribution in [3.63, 3.8) is 0 Å². The third-order valence-corrected chi connectivity index (χ3v) is 2.02. The number of nitrogens with zero attached hydrogens (tertiary/aromatic N) is 1. The first-order valence-corrected chi connectivity index (χ1v) is 5.47. The van der Waals surface area contributed by atoms with Crippen molar-refractivity contribution in [2.45, 2.75) is 46.3 Å². The Kier molecular flexibility index (Phi) is 5.66. The van der Waals surface area contributed by atoms with Crippen LogP contribution >= 0.6 is 0 Å². The summed E-state index contributed by atoms with van der Waals surface area (Å²) < 4.78 is 5.58. The number of rotatable bonds is 5. The third kappa shape index (κ3) is 8.25. The van der Waals surface area contributed by atoms with Crippen molar-refractivity contribution >= 4 is 0 Å². The van der Waals surface area contributed by atoms with E-state index in [9.17, 15) is 0 Å². The van der Waals surface area contributed by atoms with Gasteiger partial charge in [0, 0.05) is 12.6 Å². The lowest BCUT2D eigenvalue weighted by atomic mass is 10.2. The Labute approximate surface area is 94.6 Å². The highest BCUT2D eigenvalue weighted by atomic mass is 16.5. The molecular weight excluding hydrogens is 186 g/mol. The SMILES string of the molecule is C=C(/C=C/CN(C)C(C)C)OC(C)(C)C. The van der Waals surface area contributed by atoms with Crippen LogP contribution in [0.15, 0.2) is 24.5 Å². The molecule has 2 nitrogen and oxygen atoms in total. The minimum Gasteiger partial charge on any atom is -0.489 e. The van der Waals surface area contributed by atoms with Crippen LogP contribution < -0.4 is 0 Å². The van der Waals surface area contributed by atoms with Gasteiger partial charge in [0.2, 0.25) is 0 Å². The van der Waals surface area contributed by atoms with Gasteiger partial charge >= 0.3 is 0 Å². The van der Waals surface area contributed by atoms with Crippen molar-refractivity contribution in [2.75, 3.05) is 13.6 Å². The molecule has 0 radical (unpaired) electrons. The third-order valence-electron chi connectivity index (χ3n) is 2.02. The molecule has 0 aliphatic carbocycles. The first-order chi connectivity index (χ1) is 6.72. The lowest BCUT2D eigenvalue weighted by Crippen LogP contribution is -2.26. The van der Waals surface area contributed by atoms with Gasteiger partial charge in [-0.25, -0.2) is 0 Å². The standard InChI is InChI=1S/C13H25NO/c1-11(2)14(7)10-8-9-12(3)15-13(4,5)6/h8-9,11H,3,10H2,1-2,4-7H3/b9-8+. The zero-order chi connectivity index (χ0) is 12.1. The van der Waals surface area contributed by atoms with E-state index in [1.54, 1.807) is 0 Å². The van der Waals surface area contributed by atoms with E-state index in [2.05, 4.69) is 38.5 Å². The molecule has 0 aromatic heterocycles. The van der Waals surface area contributed by atoms with Crippen LogP contribution in [0.2, 0.25) is 0 Å². The average Bonchev–Trinajstić information content (AvgIpc) is 2.00. The minimum absolute atomic E-state index is 0.161. The van der Waals surface area contributed by atoms with Gasteiger partial charge in [-0.1, -0.05) is 12.7 Å². The Morgan fingerprint density at radius 3 is 2.33 bits per heavy atom. The van der Waals surface area contributed by atoms with Gasteiger partial charge in [-0.2, -0.15) is 0 Å². The quantitative estimate of drug-likeness (QED) is 0.511. The summed E-state index contributed by atoms with van der Waals surface area (Å²) in [4.78, 5) is 2.25. The van der Waals surface area contributed by atoms with Crippen molar-refractivity contribution in [1.82, 2.24) is 4.90 Å². The molecule has 0 atom stereocenters. The minimum atomic E-state index is -0.161. The Bertz CT molecular complexity index is 223. The van der Waals surface area contributed by atoms with Gasteiger partial charge in [0.15, 0.2) is 0 Å². The van der Waals surface area contributed by atoms with Crippen LogP contribution in [-0.2, 0) is 4.74 Å². The molecule has 0 aliphatic heterocycles. The smallest absolute Gasteiger partial charge is 0.112 e. The zero-order valence-electron chi connectivity index (χ0n) is 11.0. The largest absolute Gasteiger partial charge is 0.489 e. The van der Waals surface area contributed by atoms with E-state index in [0.29, 0.717) is 6.04 Å². The summed E-state index contributed by atoms with van der Waals surface area (Å²) in [6.45, 7) is 15.2. The maximum atomic E-state index is 5.58. The van der Waals surface area contributed by atoms with Gasteiger partial charge in [0.25, 0.3) is 0 Å². The Balaban J connectivity index is 3.93. The molecule has 0 aromatic carbocycles. The lowest BCUT2D eigenvalue weighted by molar-refractivity contribution is 0.0608. The van der Waals surface area contributed by atoms with Crippen LogP contribution in [0, 0.1) is 0 Å². The number of likely N-dealkylation sites (N-methyl/N-ethyl adjacent to an activating group) is 1. The summed E-state index contributed by atoms with van der Waals surface area (Å²) >= 11 is 0. The van der Waals surface area contributed by atoms with E-state index < -0.39 is 0 Å². The van der Waals surface area contributed by atoms with Crippen molar-refractivity contribution in [3.8, 4) is 0 Å². The molecule has 0 aromatic rings. The highest BCUT2D eigenvalue weighted by Gasteiger charge is 2.10. The Hall–Kier alpha value is -0.760. The highest BCUT2D eigenvalue weighted by Crippen LogP contribution is 2.12. The summed E-state index contributed by atoms with van der Waals surface area (Å²) in [7, 11) is 2.10. The fraction of sp³-hybridized carbons (Fsp3) is 0.692. The molecule has 0 unspecified atom stereocenters. The molecule has 0 heterocycles. The molecule has 0 aliphatic rings. The molecular formula is C13H25NO. The second-order valence-electron chi connectivity index (χ2n) is 5.12. The maximum Gasteiger partial charge on any atom is 0.112 e. The second kappa shape index (κ2) is 5.96. The number of hydrogen-bond donors (Lipinski definition) is 0. The van der Waals surface area contributed by atoms with E-state index in [-0.39, 0.29) is 5.60 Å². The molecule has 0 saturated carbocycles. The normalized spacial score (nSPS) is 12.8. The molecule has 0 saturated heterocycles. The van der Waals surface area contributed by atoms with E-state index in [0.717, 1.165) is 12.3 Å². The van der Waals surface area contributed by atoms with Gasteiger partial charge in [0.05, 0.1) is 0 Å². The first-order valence-electron chi connectivity index (χ1n) is 5.47. The summed E-state index contributed by atoms with van der Waals surface area (Å²) in [5.41, 5.74) is -0.161. The van der Waals surface area contributed by atoms with E-state index in [4.69, 9.17) is 4.74 Å². The van der Waals surface area contributed by atoms with Gasteiger partial charge in [-0.05, 0) is 47.7 Å². The molecule has 2 heteroatoms. The van der Waals surface area contributed by atoms with Gasteiger partial charge < -0.3 is 9.64 Å². The summed E-state index contributed by atoms with van der Waals surface area (Å²) in [5.74, 6) is 0.722. The van der Waals surface area contributed by atoms with E-state index in [1.165, 1.54) is 0 Å². The molecule has 0 amide bonds. The molecule has 0 bridgehead atoms. The Morgan fingerprint density at radius 2 is 1.93 bits per heavy atom. The summed E-state index contributed by atoms with van der Waals surface area (Å²) in [6.07, 6.45) is 4.01. The van der Waals surface area contributed by atoms with Crippen LogP contribution in [0.25, 0.3) is 0 Å². The van der Waals surface area contributed by atoms with Crippen molar-refractivity contribution in [1.29, 1.82) is 0 Å². The maximum absolute atomic E-state index is 5.58. The number of allylic oxidation sites excluding steroid dienone is 1. The molecule has 15 heavy (non-hydrogen) atoms. The van der Waals surface area contributed by atoms with Crippen molar-refractivity contribution in [2.24, 2.45) is 0 Å². The summed E-state index contributed by atoms with van der Waals surface area (Å²) in [6, 6.07) is 0.562. The van der Waals surface area contributed by atoms with Crippen LogP contribution in [-0.4, -0.2) is 30.1 Å². The van der Waals surface area contributed by atoms with Crippen LogP contribution in [0.4, 0.5) is 0 Å². The second-order valence-corrected chi connectivity index (χ2v) is 5.12. The zero-order valence-corrected chi connectivity index (χ0v) is 11.0. The summed E-state index contributed by atoms with van der Waals surface area (Å²) in [5, 5.41) is 0. The molecule has 0 rings (SSSR count). The lowest BCUT2D eigenvalue weighted by Gasteiger charge is -2.22. The number of ether oxygens (including phenoxy) is 1. The van der Waals surface area contributed by atoms with Crippen LogP contribution in [0.5, 0.6) is 0 Å². The highest BCUT2D eigenvalue weighted by molar-refractivity contribution is 5.08. The number of hydrogen-bond acceptors (Lipinski definition) is 2. The predicted molar refractivity (Wildman–Crippen MR) is 66.9 cm³/mol. The van der Waals surface area contributed by atoms with E-state index in [1.807, 2.05) is 26.8 Å². The molecule has 88 valence electrons. The predicted octanol–water partition coefficient (Wildman–Crippen LogP) is 3.21. The van der Waals surface area contributed by atoms with Gasteiger partial charge in [-0.3, -0.25) is 0 Å². The monoisotopic (exact) mass is 211 g/mol. The van der Waals surface area contributed by atoms with Gasteiger partial charge in [-0.15, -0.1) is 0 Å². The van der Waals surface area contributed by atoms with Crippen molar-refractivity contribution in [3.05, 3.63) is 24.5 Å². The van der Waals surface area contributed by atoms with Gasteiger partial charge in [0.1, 0.15) is 11.4 Å². The first kappa shape index (κ1) is 14.2. The van der Waals surface area contributed by atoms with Crippen LogP contribution in [0.3, 0.4) is 0 Å². The topological polar surface area (TPSA) is 12.5 Å². The fourth-order valence-electron chi connectivity index (χ4n) is 0.989. The fourth-order valence-corrected chi connectivity index (χ4v) is 0.989. The average molecular weight is 211 g/mol. The Morgan fingerprint density at radius 1 is 1.40 bits per heavy atom. The molecule has 0 spiro atoms. The molecule has 0 fully saturated rings.